The molecule has 1 aromatic heterocycles. The van der Waals surface area contributed by atoms with E-state index in [4.69, 9.17) is 11.6 Å². The third-order valence-electron chi connectivity index (χ3n) is 4.23. The number of carbonyl (C=O) groups excluding carboxylic acids is 2. The molecule has 22 heavy (non-hydrogen) atoms. The summed E-state index contributed by atoms with van der Waals surface area (Å²) in [5, 5.41) is 8.24. The normalized spacial score (nSPS) is 18.2. The van der Waals surface area contributed by atoms with Gasteiger partial charge < -0.3 is 9.80 Å². The number of nitrogens with one attached hydrogen (secondary N) is 1. The Balaban J connectivity index is 1.56. The SMILES string of the molecule is O=C(c1n[nH]c2ccc(Cl)cc12)N1CCN(C(=O)C2CC2)C1. The predicted octanol–water partition coefficient (Wildman–Crippen LogP) is 1.87. The summed E-state index contributed by atoms with van der Waals surface area (Å²) in [7, 11) is 0. The fourth-order valence-corrected chi connectivity index (χ4v) is 2.99. The minimum absolute atomic E-state index is 0.167. The molecule has 2 aromatic rings. The summed E-state index contributed by atoms with van der Waals surface area (Å²) >= 11 is 6.00. The molecule has 1 aliphatic carbocycles. The van der Waals surface area contributed by atoms with Crippen molar-refractivity contribution in [2.75, 3.05) is 19.8 Å². The average molecular weight is 319 g/mol. The molecule has 4 rings (SSSR count). The van der Waals surface area contributed by atoms with Crippen molar-refractivity contribution in [3.8, 4) is 0 Å². The summed E-state index contributed by atoms with van der Waals surface area (Å²) < 4.78 is 0. The summed E-state index contributed by atoms with van der Waals surface area (Å²) in [5.41, 5.74) is 1.14. The van der Waals surface area contributed by atoms with Crippen molar-refractivity contribution >= 4 is 34.3 Å². The Morgan fingerprint density at radius 2 is 2.00 bits per heavy atom. The van der Waals surface area contributed by atoms with Crippen LogP contribution in [0.3, 0.4) is 0 Å². The molecule has 114 valence electrons. The molecule has 2 fully saturated rings. The minimum Gasteiger partial charge on any atom is -0.323 e. The fourth-order valence-electron chi connectivity index (χ4n) is 2.82. The Morgan fingerprint density at radius 1 is 1.23 bits per heavy atom. The van der Waals surface area contributed by atoms with Crippen LogP contribution in [0.4, 0.5) is 0 Å². The molecule has 0 spiro atoms. The van der Waals surface area contributed by atoms with Crippen molar-refractivity contribution in [1.82, 2.24) is 20.0 Å². The van der Waals surface area contributed by atoms with Gasteiger partial charge in [-0.05, 0) is 31.0 Å². The molecule has 1 N–H and O–H groups in total. The van der Waals surface area contributed by atoms with Gasteiger partial charge in [0.25, 0.3) is 5.91 Å². The number of hydrogen-bond acceptors (Lipinski definition) is 3. The second-order valence-electron chi connectivity index (χ2n) is 5.85. The molecule has 1 saturated heterocycles. The van der Waals surface area contributed by atoms with E-state index in [1.807, 2.05) is 0 Å². The molecular weight excluding hydrogens is 304 g/mol. The molecule has 2 heterocycles. The van der Waals surface area contributed by atoms with Crippen molar-refractivity contribution in [2.45, 2.75) is 12.8 Å². The van der Waals surface area contributed by atoms with Crippen molar-refractivity contribution in [1.29, 1.82) is 0 Å². The summed E-state index contributed by atoms with van der Waals surface area (Å²) in [5.74, 6) is 0.185. The van der Waals surface area contributed by atoms with E-state index in [-0.39, 0.29) is 17.7 Å². The first-order valence-electron chi connectivity index (χ1n) is 7.35. The zero-order chi connectivity index (χ0) is 15.3. The zero-order valence-electron chi connectivity index (χ0n) is 11.9. The van der Waals surface area contributed by atoms with Crippen LogP contribution in [0.5, 0.6) is 0 Å². The third-order valence-corrected chi connectivity index (χ3v) is 4.47. The Morgan fingerprint density at radius 3 is 2.77 bits per heavy atom. The summed E-state index contributed by atoms with van der Waals surface area (Å²) in [6.07, 6.45) is 1.96. The lowest BCUT2D eigenvalue weighted by atomic mass is 10.2. The monoisotopic (exact) mass is 318 g/mol. The Labute approximate surface area is 132 Å². The van der Waals surface area contributed by atoms with Gasteiger partial charge in [-0.15, -0.1) is 0 Å². The number of rotatable bonds is 2. The highest BCUT2D eigenvalue weighted by Crippen LogP contribution is 2.32. The number of amides is 2. The van der Waals surface area contributed by atoms with Crippen molar-refractivity contribution in [3.05, 3.63) is 28.9 Å². The first-order chi connectivity index (χ1) is 10.6. The quantitative estimate of drug-likeness (QED) is 0.919. The second kappa shape index (κ2) is 4.98. The van der Waals surface area contributed by atoms with Crippen LogP contribution in [0.25, 0.3) is 10.9 Å². The first-order valence-corrected chi connectivity index (χ1v) is 7.73. The molecule has 1 aliphatic heterocycles. The zero-order valence-corrected chi connectivity index (χ0v) is 12.6. The van der Waals surface area contributed by atoms with E-state index in [0.717, 1.165) is 18.4 Å². The van der Waals surface area contributed by atoms with Crippen LogP contribution < -0.4 is 0 Å². The summed E-state index contributed by atoms with van der Waals surface area (Å²) in [4.78, 5) is 28.1. The van der Waals surface area contributed by atoms with Crippen LogP contribution in [0.15, 0.2) is 18.2 Å². The van der Waals surface area contributed by atoms with Gasteiger partial charge >= 0.3 is 0 Å². The van der Waals surface area contributed by atoms with Crippen LogP contribution >= 0.6 is 11.6 Å². The van der Waals surface area contributed by atoms with Crippen molar-refractivity contribution in [3.63, 3.8) is 0 Å². The second-order valence-corrected chi connectivity index (χ2v) is 6.28. The van der Waals surface area contributed by atoms with Crippen LogP contribution in [-0.2, 0) is 4.79 Å². The molecule has 1 saturated carbocycles. The van der Waals surface area contributed by atoms with Gasteiger partial charge in [0.05, 0.1) is 12.2 Å². The number of carbonyl (C=O) groups is 2. The number of fused-ring (bicyclic) bond motifs is 1. The van der Waals surface area contributed by atoms with Gasteiger partial charge in [-0.1, -0.05) is 11.6 Å². The maximum absolute atomic E-state index is 12.6. The third kappa shape index (κ3) is 2.23. The molecule has 2 aliphatic rings. The predicted molar refractivity (Wildman–Crippen MR) is 81.4 cm³/mol. The van der Waals surface area contributed by atoms with Gasteiger partial charge in [-0.2, -0.15) is 5.10 Å². The lowest BCUT2D eigenvalue weighted by Crippen LogP contribution is -2.34. The van der Waals surface area contributed by atoms with E-state index in [1.54, 1.807) is 28.0 Å². The van der Waals surface area contributed by atoms with Gasteiger partial charge in [0.2, 0.25) is 5.91 Å². The highest BCUT2D eigenvalue weighted by atomic mass is 35.5. The minimum atomic E-state index is -0.167. The van der Waals surface area contributed by atoms with E-state index < -0.39 is 0 Å². The number of aromatic amines is 1. The van der Waals surface area contributed by atoms with Crippen LogP contribution in [0.2, 0.25) is 5.02 Å². The largest absolute Gasteiger partial charge is 0.323 e. The molecule has 0 atom stereocenters. The van der Waals surface area contributed by atoms with E-state index in [9.17, 15) is 9.59 Å². The van der Waals surface area contributed by atoms with Gasteiger partial charge in [0.1, 0.15) is 0 Å². The van der Waals surface area contributed by atoms with Crippen molar-refractivity contribution in [2.24, 2.45) is 5.92 Å². The maximum atomic E-state index is 12.6. The molecule has 0 radical (unpaired) electrons. The lowest BCUT2D eigenvalue weighted by Gasteiger charge is -2.17. The molecule has 0 bridgehead atoms. The highest BCUT2D eigenvalue weighted by Gasteiger charge is 2.37. The molecule has 2 amide bonds. The van der Waals surface area contributed by atoms with E-state index in [1.165, 1.54) is 0 Å². The van der Waals surface area contributed by atoms with E-state index in [0.29, 0.717) is 35.9 Å². The average Bonchev–Trinajstić information content (AvgIpc) is 3.10. The fraction of sp³-hybridized carbons (Fsp3) is 0.400. The van der Waals surface area contributed by atoms with Crippen LogP contribution in [-0.4, -0.2) is 51.6 Å². The number of nitrogens with zero attached hydrogens (tertiary/aromatic N) is 3. The van der Waals surface area contributed by atoms with Crippen LogP contribution in [0, 0.1) is 5.92 Å². The standard InChI is InChI=1S/C15H15ClN4O2/c16-10-3-4-12-11(7-10)13(18-17-12)15(22)20-6-5-19(8-20)14(21)9-1-2-9/h3-4,7,9H,1-2,5-6,8H2,(H,17,18). The maximum Gasteiger partial charge on any atom is 0.276 e. The topological polar surface area (TPSA) is 69.3 Å². The number of halogens is 1. The van der Waals surface area contributed by atoms with Gasteiger partial charge in [0, 0.05) is 29.4 Å². The summed E-state index contributed by atoms with van der Waals surface area (Å²) in [6.45, 7) is 1.50. The number of benzene rings is 1. The Hall–Kier alpha value is -2.08. The first kappa shape index (κ1) is 13.6. The Bertz CT molecular complexity index is 768. The lowest BCUT2D eigenvalue weighted by molar-refractivity contribution is -0.131. The molecule has 7 heteroatoms. The molecule has 0 unspecified atom stereocenters. The van der Waals surface area contributed by atoms with E-state index in [2.05, 4.69) is 10.2 Å². The number of H-pyrrole nitrogens is 1. The molecule has 6 nitrogen and oxygen atoms in total. The molecule has 1 aromatic carbocycles. The van der Waals surface area contributed by atoms with Gasteiger partial charge in [-0.25, -0.2) is 0 Å². The van der Waals surface area contributed by atoms with Gasteiger partial charge in [-0.3, -0.25) is 14.7 Å². The molecular formula is C15H15ClN4O2. The number of aromatic nitrogens is 2. The summed E-state index contributed by atoms with van der Waals surface area (Å²) in [6, 6.07) is 5.29. The van der Waals surface area contributed by atoms with Crippen molar-refractivity contribution < 1.29 is 9.59 Å². The highest BCUT2D eigenvalue weighted by molar-refractivity contribution is 6.31. The van der Waals surface area contributed by atoms with Gasteiger partial charge in [0.15, 0.2) is 5.69 Å². The van der Waals surface area contributed by atoms with E-state index >= 15 is 0 Å². The smallest absolute Gasteiger partial charge is 0.276 e. The van der Waals surface area contributed by atoms with Crippen LogP contribution in [0.1, 0.15) is 23.3 Å². The Kier molecular flexibility index (Phi) is 3.07. The number of hydrogen-bond donors (Lipinski definition) is 1.